The molecule has 2 N–H and O–H groups in total. The maximum absolute atomic E-state index is 3.40. The van der Waals surface area contributed by atoms with Gasteiger partial charge in [-0.1, -0.05) is 0 Å². The molecule has 1 aliphatic rings. The molecule has 1 rings (SSSR count). The van der Waals surface area contributed by atoms with E-state index in [1.807, 2.05) is 0 Å². The number of hydrogen-bond acceptors (Lipinski definition) is 2. The summed E-state index contributed by atoms with van der Waals surface area (Å²) >= 11 is 1.31. The summed E-state index contributed by atoms with van der Waals surface area (Å²) in [5.74, 6) is 0.876. The highest BCUT2D eigenvalue weighted by molar-refractivity contribution is 7.75. The summed E-state index contributed by atoms with van der Waals surface area (Å²) in [5, 5.41) is 3.40. The molecule has 0 amide bonds. The Morgan fingerprint density at radius 3 is 3.20 bits per heavy atom. The third-order valence-corrected chi connectivity index (χ3v) is 2.44. The molecule has 0 saturated carbocycles. The molecule has 0 bridgehead atoms. The molecule has 2 nitrogen and oxygen atoms in total. The fourth-order valence-corrected chi connectivity index (χ4v) is 1.76. The van der Waals surface area contributed by atoms with Crippen LogP contribution in [-0.2, 0) is 11.9 Å². The largest absolute Gasteiger partial charge is 0.316 e. The Morgan fingerprint density at radius 2 is 2.60 bits per heavy atom. The zero-order valence-corrected chi connectivity index (χ0v) is 7.45. The van der Waals surface area contributed by atoms with Crippen molar-refractivity contribution < 1.29 is 0 Å². The molecular formula is C7H17N2S+. The molecular weight excluding hydrogens is 144 g/mol. The molecule has 1 heterocycles. The fourth-order valence-electron chi connectivity index (χ4n) is 1.32. The maximum atomic E-state index is 3.40. The van der Waals surface area contributed by atoms with Gasteiger partial charge in [-0.15, -0.1) is 4.72 Å². The van der Waals surface area contributed by atoms with E-state index in [-0.39, 0.29) is 0 Å². The Hall–Kier alpha value is 0.270. The number of hydrogen-bond donors (Lipinski definition) is 2. The monoisotopic (exact) mass is 161 g/mol. The van der Waals surface area contributed by atoms with Crippen molar-refractivity contribution in [2.24, 2.45) is 5.92 Å². The lowest BCUT2D eigenvalue weighted by Crippen LogP contribution is -2.35. The van der Waals surface area contributed by atoms with E-state index < -0.39 is 0 Å². The van der Waals surface area contributed by atoms with Gasteiger partial charge in [-0.3, -0.25) is 0 Å². The molecule has 0 spiro atoms. The quantitative estimate of drug-likeness (QED) is 0.447. The summed E-state index contributed by atoms with van der Waals surface area (Å²) in [7, 11) is 0. The second-order valence-electron chi connectivity index (χ2n) is 2.80. The van der Waals surface area contributed by atoms with E-state index >= 15 is 0 Å². The van der Waals surface area contributed by atoms with Crippen LogP contribution in [0.4, 0.5) is 0 Å². The van der Waals surface area contributed by atoms with Crippen LogP contribution in [0.25, 0.3) is 0 Å². The number of piperidine rings is 1. The summed E-state index contributed by atoms with van der Waals surface area (Å²) in [6.45, 7) is 3.62. The molecule has 10 heavy (non-hydrogen) atoms. The van der Waals surface area contributed by atoms with E-state index in [1.54, 1.807) is 0 Å². The summed E-state index contributed by atoms with van der Waals surface area (Å²) in [6, 6.07) is 0. The molecule has 1 unspecified atom stereocenters. The molecule has 1 fully saturated rings. The summed E-state index contributed by atoms with van der Waals surface area (Å²) in [5.41, 5.74) is 0. The molecule has 0 aromatic rings. The van der Waals surface area contributed by atoms with Gasteiger partial charge in [0.2, 0.25) is 0 Å². The zero-order valence-electron chi connectivity index (χ0n) is 6.56. The van der Waals surface area contributed by atoms with Crippen molar-refractivity contribution in [3.63, 3.8) is 0 Å². The van der Waals surface area contributed by atoms with Crippen LogP contribution in [0.5, 0.6) is 0 Å². The topological polar surface area (TPSA) is 24.1 Å². The Balaban J connectivity index is 2.02. The molecule has 1 aliphatic heterocycles. The van der Waals surface area contributed by atoms with Crippen LogP contribution >= 0.6 is 0 Å². The highest BCUT2D eigenvalue weighted by atomic mass is 32.2. The molecule has 1 atom stereocenters. The van der Waals surface area contributed by atoms with Gasteiger partial charge in [-0.05, 0) is 31.8 Å². The second kappa shape index (κ2) is 4.99. The zero-order chi connectivity index (χ0) is 7.23. The van der Waals surface area contributed by atoms with E-state index in [2.05, 4.69) is 16.3 Å². The van der Waals surface area contributed by atoms with Crippen LogP contribution in [0.1, 0.15) is 12.8 Å². The van der Waals surface area contributed by atoms with Gasteiger partial charge in [0, 0.05) is 6.54 Å². The highest BCUT2D eigenvalue weighted by Crippen LogP contribution is 2.07. The minimum atomic E-state index is 0.876. The molecule has 3 heteroatoms. The van der Waals surface area contributed by atoms with Crippen LogP contribution < -0.4 is 10.0 Å². The first-order chi connectivity index (χ1) is 4.93. The molecule has 0 radical (unpaired) electrons. The summed E-state index contributed by atoms with van der Waals surface area (Å²) in [6.07, 6.45) is 4.89. The minimum absolute atomic E-state index is 0.876. The summed E-state index contributed by atoms with van der Waals surface area (Å²) < 4.78 is 3.35. The van der Waals surface area contributed by atoms with Crippen LogP contribution in [0, 0.1) is 5.92 Å². The Bertz CT molecular complexity index is 81.7. The van der Waals surface area contributed by atoms with Crippen LogP contribution in [-0.4, -0.2) is 25.9 Å². The van der Waals surface area contributed by atoms with Crippen LogP contribution in [0.2, 0.25) is 0 Å². The van der Waals surface area contributed by atoms with Crippen molar-refractivity contribution in [1.82, 2.24) is 10.0 Å². The molecule has 1 saturated heterocycles. The number of rotatable bonds is 3. The Morgan fingerprint density at radius 1 is 1.70 bits per heavy atom. The van der Waals surface area contributed by atoms with Crippen molar-refractivity contribution in [2.75, 3.05) is 25.9 Å². The highest BCUT2D eigenvalue weighted by Gasteiger charge is 2.12. The van der Waals surface area contributed by atoms with E-state index in [4.69, 9.17) is 0 Å². The van der Waals surface area contributed by atoms with Crippen molar-refractivity contribution >= 4 is 11.9 Å². The second-order valence-corrected chi connectivity index (χ2v) is 3.56. The van der Waals surface area contributed by atoms with E-state index in [0.29, 0.717) is 0 Å². The Labute approximate surface area is 67.3 Å². The number of thiol groups is 1. The smallest absolute Gasteiger partial charge is 0.115 e. The lowest BCUT2D eigenvalue weighted by molar-refractivity contribution is 0.379. The lowest BCUT2D eigenvalue weighted by atomic mass is 10.0. The number of nitrogens with one attached hydrogen (secondary N) is 2. The van der Waals surface area contributed by atoms with Gasteiger partial charge in [-0.25, -0.2) is 0 Å². The lowest BCUT2D eigenvalue weighted by Gasteiger charge is -2.20. The van der Waals surface area contributed by atoms with Gasteiger partial charge in [0.1, 0.15) is 6.26 Å². The van der Waals surface area contributed by atoms with Crippen molar-refractivity contribution in [2.45, 2.75) is 12.8 Å². The van der Waals surface area contributed by atoms with Crippen molar-refractivity contribution in [3.8, 4) is 0 Å². The fraction of sp³-hybridized carbons (Fsp3) is 1.00. The van der Waals surface area contributed by atoms with Gasteiger partial charge in [0.25, 0.3) is 0 Å². The predicted octanol–water partition coefficient (Wildman–Crippen LogP) is -0.0647. The summed E-state index contributed by atoms with van der Waals surface area (Å²) in [4.78, 5) is 0. The average Bonchev–Trinajstić information content (AvgIpc) is 2.03. The van der Waals surface area contributed by atoms with Gasteiger partial charge in [0.05, 0.1) is 11.9 Å². The first kappa shape index (κ1) is 8.37. The third kappa shape index (κ3) is 2.90. The first-order valence-electron chi connectivity index (χ1n) is 3.96. The molecule has 0 aromatic heterocycles. The van der Waals surface area contributed by atoms with Crippen LogP contribution in [0.3, 0.4) is 0 Å². The third-order valence-electron chi connectivity index (χ3n) is 1.94. The van der Waals surface area contributed by atoms with Gasteiger partial charge < -0.3 is 5.32 Å². The normalized spacial score (nSPS) is 26.7. The molecule has 0 aromatic carbocycles. The van der Waals surface area contributed by atoms with Crippen molar-refractivity contribution in [3.05, 3.63) is 0 Å². The molecule has 0 aliphatic carbocycles. The van der Waals surface area contributed by atoms with E-state index in [9.17, 15) is 0 Å². The minimum Gasteiger partial charge on any atom is -0.316 e. The first-order valence-corrected chi connectivity index (χ1v) is 5.30. The average molecular weight is 161 g/mol. The van der Waals surface area contributed by atoms with Gasteiger partial charge in [-0.2, -0.15) is 0 Å². The maximum Gasteiger partial charge on any atom is 0.115 e. The predicted molar refractivity (Wildman–Crippen MR) is 48.3 cm³/mol. The van der Waals surface area contributed by atoms with E-state index in [0.717, 1.165) is 5.92 Å². The van der Waals surface area contributed by atoms with Gasteiger partial charge >= 0.3 is 0 Å². The van der Waals surface area contributed by atoms with E-state index in [1.165, 1.54) is 44.4 Å². The van der Waals surface area contributed by atoms with Crippen LogP contribution in [0.15, 0.2) is 0 Å². The van der Waals surface area contributed by atoms with Crippen molar-refractivity contribution in [1.29, 1.82) is 0 Å². The SMILES string of the molecule is C[SH+]NCC1CCCNC1. The standard InChI is InChI=1S/C7H16N2S/c1-10-9-6-7-3-2-4-8-5-7/h7-9H,2-6H2,1H3/p+1. The Kier molecular flexibility index (Phi) is 4.18. The van der Waals surface area contributed by atoms with Gasteiger partial charge in [0.15, 0.2) is 0 Å². The molecule has 60 valence electrons.